The van der Waals surface area contributed by atoms with E-state index >= 15 is 0 Å². The summed E-state index contributed by atoms with van der Waals surface area (Å²) in [5, 5.41) is 11.4. The van der Waals surface area contributed by atoms with Crippen LogP contribution in [0.2, 0.25) is 0 Å². The second kappa shape index (κ2) is 5.79. The van der Waals surface area contributed by atoms with Gasteiger partial charge in [0.2, 0.25) is 5.95 Å². The third-order valence-corrected chi connectivity index (χ3v) is 3.23. The van der Waals surface area contributed by atoms with Gasteiger partial charge in [-0.15, -0.1) is 10.2 Å². The molecule has 2 aromatic rings. The van der Waals surface area contributed by atoms with Gasteiger partial charge in [-0.3, -0.25) is 0 Å². The van der Waals surface area contributed by atoms with Crippen molar-refractivity contribution in [2.75, 3.05) is 43.4 Å². The molecule has 1 aliphatic rings. The summed E-state index contributed by atoms with van der Waals surface area (Å²) in [5.41, 5.74) is 0. The van der Waals surface area contributed by atoms with Crippen LogP contribution in [0.3, 0.4) is 0 Å². The topological polar surface area (TPSA) is 70.1 Å². The summed E-state index contributed by atoms with van der Waals surface area (Å²) < 4.78 is 0. The predicted octanol–water partition coefficient (Wildman–Crippen LogP) is 0.562. The Bertz CT molecular complexity index is 534. The Morgan fingerprint density at radius 1 is 1.15 bits per heavy atom. The van der Waals surface area contributed by atoms with Crippen molar-refractivity contribution >= 4 is 17.6 Å². The molecule has 1 radical (unpaired) electrons. The third kappa shape index (κ3) is 3.00. The van der Waals surface area contributed by atoms with Gasteiger partial charge in [0.15, 0.2) is 11.6 Å². The number of rotatable bonds is 3. The molecule has 3 rings (SSSR count). The van der Waals surface area contributed by atoms with Gasteiger partial charge in [-0.25, -0.2) is 9.97 Å². The van der Waals surface area contributed by atoms with E-state index in [2.05, 4.69) is 48.5 Å². The Morgan fingerprint density at radius 2 is 2.00 bits per heavy atom. The maximum absolute atomic E-state index is 4.25. The molecule has 0 saturated carbocycles. The summed E-state index contributed by atoms with van der Waals surface area (Å²) in [6.07, 6.45) is 4.34. The first-order chi connectivity index (χ1) is 9.81. The lowest BCUT2D eigenvalue weighted by molar-refractivity contribution is 0.312. The van der Waals surface area contributed by atoms with Gasteiger partial charge in [0.25, 0.3) is 0 Å². The van der Waals surface area contributed by atoms with E-state index in [-0.39, 0.29) is 0 Å². The highest BCUT2D eigenvalue weighted by Crippen LogP contribution is 2.15. The van der Waals surface area contributed by atoms with E-state index in [0.29, 0.717) is 11.8 Å². The highest BCUT2D eigenvalue weighted by Gasteiger charge is 2.15. The molecule has 7 nitrogen and oxygen atoms in total. The number of hydrogen-bond donors (Lipinski definition) is 1. The van der Waals surface area contributed by atoms with Gasteiger partial charge in [-0.2, -0.15) is 0 Å². The van der Waals surface area contributed by atoms with Crippen molar-refractivity contribution in [3.63, 3.8) is 0 Å². The molecule has 1 aliphatic heterocycles. The van der Waals surface area contributed by atoms with Gasteiger partial charge < -0.3 is 15.1 Å². The molecule has 1 fully saturated rings. The van der Waals surface area contributed by atoms with Crippen LogP contribution >= 0.6 is 0 Å². The number of hydrogen-bond acceptors (Lipinski definition) is 7. The van der Waals surface area contributed by atoms with Crippen molar-refractivity contribution < 1.29 is 0 Å². The maximum atomic E-state index is 4.25. The molecule has 3 heterocycles. The molecule has 1 N–H and O–H groups in total. The summed E-state index contributed by atoms with van der Waals surface area (Å²) in [6.45, 7) is 4.06. The smallest absolute Gasteiger partial charge is 0.228 e. The van der Waals surface area contributed by atoms with E-state index < -0.39 is 0 Å². The number of nitrogens with one attached hydrogen (secondary N) is 1. The molecule has 0 atom stereocenters. The summed E-state index contributed by atoms with van der Waals surface area (Å²) in [6, 6.07) is 5.50. The quantitative estimate of drug-likeness (QED) is 0.874. The van der Waals surface area contributed by atoms with E-state index in [1.165, 1.54) is 0 Å². The van der Waals surface area contributed by atoms with Crippen LogP contribution in [-0.4, -0.2) is 58.3 Å². The molecule has 20 heavy (non-hydrogen) atoms. The molecule has 0 bridgehead atoms. The zero-order valence-corrected chi connectivity index (χ0v) is 11.3. The number of anilines is 3. The molecular formula is C13H16N7. The standard InChI is InChI=1S/C13H16N7/c1-19-7-9-20(10-8-19)12-4-3-11(17-18-12)16-13-14-5-2-6-15-13/h2-5H,7-10H2,1H3,(H,14,15,16,17). The second-order valence-corrected chi connectivity index (χ2v) is 4.70. The first-order valence-electron chi connectivity index (χ1n) is 6.54. The lowest BCUT2D eigenvalue weighted by atomic mass is 10.3. The second-order valence-electron chi connectivity index (χ2n) is 4.70. The van der Waals surface area contributed by atoms with Gasteiger partial charge in [0.05, 0.1) is 6.20 Å². The van der Waals surface area contributed by atoms with Crippen molar-refractivity contribution in [1.29, 1.82) is 0 Å². The number of aromatic nitrogens is 4. The Morgan fingerprint density at radius 3 is 2.65 bits per heavy atom. The molecule has 0 amide bonds. The molecule has 103 valence electrons. The van der Waals surface area contributed by atoms with Crippen molar-refractivity contribution in [2.24, 2.45) is 0 Å². The van der Waals surface area contributed by atoms with E-state index in [1.807, 2.05) is 12.1 Å². The zero-order chi connectivity index (χ0) is 13.8. The Hall–Kier alpha value is -2.28. The van der Waals surface area contributed by atoms with Crippen molar-refractivity contribution in [2.45, 2.75) is 0 Å². The van der Waals surface area contributed by atoms with E-state index in [9.17, 15) is 0 Å². The van der Waals surface area contributed by atoms with Gasteiger partial charge >= 0.3 is 0 Å². The maximum Gasteiger partial charge on any atom is 0.228 e. The zero-order valence-electron chi connectivity index (χ0n) is 11.3. The summed E-state index contributed by atoms with van der Waals surface area (Å²) in [4.78, 5) is 12.6. The molecular weight excluding hydrogens is 254 g/mol. The lowest BCUT2D eigenvalue weighted by Crippen LogP contribution is -2.44. The van der Waals surface area contributed by atoms with Gasteiger partial charge in [0.1, 0.15) is 0 Å². The van der Waals surface area contributed by atoms with Crippen molar-refractivity contribution in [3.05, 3.63) is 30.6 Å². The van der Waals surface area contributed by atoms with Crippen LogP contribution in [0.25, 0.3) is 0 Å². The van der Waals surface area contributed by atoms with Gasteiger partial charge in [-0.05, 0) is 25.2 Å². The van der Waals surface area contributed by atoms with Gasteiger partial charge in [-0.1, -0.05) is 0 Å². The van der Waals surface area contributed by atoms with Crippen LogP contribution in [0, 0.1) is 6.20 Å². The molecule has 0 aliphatic carbocycles. The monoisotopic (exact) mass is 270 g/mol. The van der Waals surface area contributed by atoms with Crippen LogP contribution in [0.1, 0.15) is 0 Å². The number of likely N-dealkylation sites (N-methyl/N-ethyl adjacent to an activating group) is 1. The molecule has 0 unspecified atom stereocenters. The van der Waals surface area contributed by atoms with Crippen LogP contribution in [0.4, 0.5) is 17.6 Å². The fraction of sp³-hybridized carbons (Fsp3) is 0.385. The van der Waals surface area contributed by atoms with Crippen LogP contribution in [0.15, 0.2) is 24.4 Å². The van der Waals surface area contributed by atoms with E-state index in [1.54, 1.807) is 12.3 Å². The fourth-order valence-corrected chi connectivity index (χ4v) is 2.04. The highest BCUT2D eigenvalue weighted by molar-refractivity contribution is 5.49. The Labute approximate surface area is 117 Å². The van der Waals surface area contributed by atoms with Crippen molar-refractivity contribution in [1.82, 2.24) is 25.1 Å². The third-order valence-electron chi connectivity index (χ3n) is 3.23. The molecule has 1 saturated heterocycles. The Balaban J connectivity index is 1.65. The largest absolute Gasteiger partial charge is 0.353 e. The number of nitrogens with zero attached hydrogens (tertiary/aromatic N) is 6. The molecule has 0 spiro atoms. The van der Waals surface area contributed by atoms with Gasteiger partial charge in [0, 0.05) is 32.4 Å². The molecule has 2 aromatic heterocycles. The first-order valence-corrected chi connectivity index (χ1v) is 6.54. The number of piperazine rings is 1. The normalized spacial score (nSPS) is 16.1. The summed E-state index contributed by atoms with van der Waals surface area (Å²) in [7, 11) is 2.13. The van der Waals surface area contributed by atoms with Crippen LogP contribution in [-0.2, 0) is 0 Å². The minimum absolute atomic E-state index is 0.467. The van der Waals surface area contributed by atoms with E-state index in [0.717, 1.165) is 32.0 Å². The summed E-state index contributed by atoms with van der Waals surface area (Å²) >= 11 is 0. The lowest BCUT2D eigenvalue weighted by Gasteiger charge is -2.32. The fourth-order valence-electron chi connectivity index (χ4n) is 2.04. The minimum Gasteiger partial charge on any atom is -0.353 e. The summed E-state index contributed by atoms with van der Waals surface area (Å²) in [5.74, 6) is 2.00. The predicted molar refractivity (Wildman–Crippen MR) is 75.9 cm³/mol. The molecule has 7 heteroatoms. The van der Waals surface area contributed by atoms with E-state index in [4.69, 9.17) is 0 Å². The first kappa shape index (κ1) is 12.7. The SMILES string of the molecule is CN1CCN(c2ccc(Nc3n[c]ccn3)nn2)CC1. The average molecular weight is 270 g/mol. The molecule has 0 aromatic carbocycles. The highest BCUT2D eigenvalue weighted by atomic mass is 15.3. The van der Waals surface area contributed by atoms with Crippen LogP contribution < -0.4 is 10.2 Å². The minimum atomic E-state index is 0.467. The Kier molecular flexibility index (Phi) is 3.69. The average Bonchev–Trinajstić information content (AvgIpc) is 2.50. The van der Waals surface area contributed by atoms with Crippen LogP contribution in [0.5, 0.6) is 0 Å². The van der Waals surface area contributed by atoms with Crippen molar-refractivity contribution in [3.8, 4) is 0 Å².